The van der Waals surface area contributed by atoms with Crippen LogP contribution in [0.2, 0.25) is 5.15 Å². The molecule has 0 saturated heterocycles. The number of ether oxygens (including phenoxy) is 1. The van der Waals surface area contributed by atoms with Crippen molar-refractivity contribution in [2.45, 2.75) is 57.9 Å². The Bertz CT molecular complexity index is 1150. The van der Waals surface area contributed by atoms with Crippen LogP contribution in [0.5, 0.6) is 0 Å². The Kier molecular flexibility index (Phi) is 8.30. The molecule has 1 aromatic carbocycles. The van der Waals surface area contributed by atoms with Crippen LogP contribution < -0.4 is 16.0 Å². The molecule has 0 spiro atoms. The van der Waals surface area contributed by atoms with E-state index in [2.05, 4.69) is 32.6 Å². The Hall–Kier alpha value is -3.33. The van der Waals surface area contributed by atoms with Crippen molar-refractivity contribution in [3.8, 4) is 11.3 Å². The van der Waals surface area contributed by atoms with Gasteiger partial charge in [-0.3, -0.25) is 14.9 Å². The summed E-state index contributed by atoms with van der Waals surface area (Å²) in [5.41, 5.74) is 1.93. The van der Waals surface area contributed by atoms with Gasteiger partial charge in [0.1, 0.15) is 16.7 Å². The van der Waals surface area contributed by atoms with Crippen LogP contribution in [0.4, 0.5) is 16.2 Å². The maximum atomic E-state index is 13.1. The minimum Gasteiger partial charge on any atom is -0.453 e. The summed E-state index contributed by atoms with van der Waals surface area (Å²) in [4.78, 5) is 45.2. The molecule has 0 radical (unpaired) electrons. The molecule has 1 saturated carbocycles. The molecule has 2 aliphatic rings. The first-order chi connectivity index (χ1) is 17.3. The molecule has 4 N–H and O–H groups in total. The van der Waals surface area contributed by atoms with E-state index < -0.39 is 6.09 Å². The quantitative estimate of drug-likeness (QED) is 0.399. The third-order valence-corrected chi connectivity index (χ3v) is 7.04. The van der Waals surface area contributed by atoms with E-state index in [1.807, 2.05) is 12.2 Å². The third kappa shape index (κ3) is 6.26. The molecule has 1 aliphatic heterocycles. The number of nitrogens with one attached hydrogen (secondary N) is 4. The van der Waals surface area contributed by atoms with Gasteiger partial charge in [-0.1, -0.05) is 30.7 Å². The minimum absolute atomic E-state index is 0.00273. The molecule has 1 fully saturated rings. The molecule has 0 unspecified atom stereocenters. The largest absolute Gasteiger partial charge is 0.453 e. The first-order valence-electron chi connectivity index (χ1n) is 12.3. The molecule has 1 atom stereocenters. The van der Waals surface area contributed by atoms with E-state index in [1.165, 1.54) is 7.11 Å². The second-order valence-corrected chi connectivity index (χ2v) is 9.85. The average molecular weight is 514 g/mol. The van der Waals surface area contributed by atoms with E-state index in [0.29, 0.717) is 52.4 Å². The number of allylic oxidation sites excluding steroid dienone is 1. The van der Waals surface area contributed by atoms with Gasteiger partial charge in [0, 0.05) is 23.6 Å². The van der Waals surface area contributed by atoms with Crippen molar-refractivity contribution in [3.63, 3.8) is 0 Å². The summed E-state index contributed by atoms with van der Waals surface area (Å²) in [6.07, 6.45) is 8.52. The number of rotatable bonds is 3. The van der Waals surface area contributed by atoms with Gasteiger partial charge in [-0.25, -0.2) is 9.78 Å². The lowest BCUT2D eigenvalue weighted by molar-refractivity contribution is -0.127. The van der Waals surface area contributed by atoms with E-state index in [-0.39, 0.29) is 30.2 Å². The van der Waals surface area contributed by atoms with Gasteiger partial charge in [-0.15, -0.1) is 0 Å². The summed E-state index contributed by atoms with van der Waals surface area (Å²) in [7, 11) is 1.27. The smallest absolute Gasteiger partial charge is 0.411 e. The predicted molar refractivity (Wildman–Crippen MR) is 139 cm³/mol. The molecule has 1 aromatic heterocycles. The van der Waals surface area contributed by atoms with Gasteiger partial charge in [0.2, 0.25) is 11.8 Å². The summed E-state index contributed by atoms with van der Waals surface area (Å²) >= 11 is 6.58. The molecule has 10 heteroatoms. The molecule has 36 heavy (non-hydrogen) atoms. The highest BCUT2D eigenvalue weighted by Gasteiger charge is 2.28. The van der Waals surface area contributed by atoms with E-state index in [4.69, 9.17) is 16.6 Å². The normalized spacial score (nSPS) is 23.1. The molecule has 1 aliphatic carbocycles. The fourth-order valence-electron chi connectivity index (χ4n) is 4.64. The van der Waals surface area contributed by atoms with Crippen molar-refractivity contribution in [2.75, 3.05) is 17.7 Å². The van der Waals surface area contributed by atoms with E-state index in [9.17, 15) is 14.4 Å². The number of H-pyrrole nitrogens is 1. The summed E-state index contributed by atoms with van der Waals surface area (Å²) in [6, 6.07) is 4.65. The van der Waals surface area contributed by atoms with Gasteiger partial charge in [-0.2, -0.15) is 0 Å². The average Bonchev–Trinajstić information content (AvgIpc) is 3.24. The lowest BCUT2D eigenvalue weighted by Gasteiger charge is -2.27. The standard InChI is InChI=1S/C26H32ClN5O4/c1-15-8-10-16(11-9-15)25(34)30-19-6-4-3-5-7-21(33)29-20-14-17(28-26(35)36-2)12-13-18(20)22-23(27)32-24(19)31-22/h3-4,12-16,19H,5-11H2,1-2H3,(H,28,35)(H,29,33)(H,30,34)(H,31,32)/b4-3-/t15?,16?,19-/m0/s1. The number of carbonyl (C=O) groups excluding carboxylic acids is 3. The fourth-order valence-corrected chi connectivity index (χ4v) is 4.88. The van der Waals surface area contributed by atoms with Crippen LogP contribution >= 0.6 is 11.6 Å². The topological polar surface area (TPSA) is 125 Å². The second-order valence-electron chi connectivity index (χ2n) is 9.47. The van der Waals surface area contributed by atoms with Gasteiger partial charge in [0.05, 0.1) is 18.8 Å². The number of hydrogen-bond acceptors (Lipinski definition) is 5. The lowest BCUT2D eigenvalue weighted by Crippen LogP contribution is -2.36. The van der Waals surface area contributed by atoms with Crippen molar-refractivity contribution in [2.24, 2.45) is 11.8 Å². The van der Waals surface area contributed by atoms with Gasteiger partial charge in [0.15, 0.2) is 0 Å². The number of aromatic nitrogens is 2. The van der Waals surface area contributed by atoms with Crippen LogP contribution in [0.15, 0.2) is 30.4 Å². The van der Waals surface area contributed by atoms with Gasteiger partial charge >= 0.3 is 6.09 Å². The maximum Gasteiger partial charge on any atom is 0.411 e. The zero-order valence-corrected chi connectivity index (χ0v) is 21.3. The van der Waals surface area contributed by atoms with Crippen molar-refractivity contribution >= 4 is 40.9 Å². The van der Waals surface area contributed by atoms with Crippen molar-refractivity contribution < 1.29 is 19.1 Å². The summed E-state index contributed by atoms with van der Waals surface area (Å²) in [6.45, 7) is 2.23. The highest BCUT2D eigenvalue weighted by atomic mass is 35.5. The number of amides is 3. The van der Waals surface area contributed by atoms with Crippen LogP contribution in [0.25, 0.3) is 11.3 Å². The molecule has 4 rings (SSSR count). The van der Waals surface area contributed by atoms with Crippen molar-refractivity contribution in [1.29, 1.82) is 0 Å². The molecule has 9 nitrogen and oxygen atoms in total. The van der Waals surface area contributed by atoms with E-state index in [0.717, 1.165) is 25.7 Å². The molecule has 2 heterocycles. The third-order valence-electron chi connectivity index (χ3n) is 6.77. The second kappa shape index (κ2) is 11.6. The molecular weight excluding hydrogens is 482 g/mol. The summed E-state index contributed by atoms with van der Waals surface area (Å²) in [5.74, 6) is 1.06. The Morgan fingerprint density at radius 3 is 2.69 bits per heavy atom. The monoisotopic (exact) mass is 513 g/mol. The van der Waals surface area contributed by atoms with E-state index >= 15 is 0 Å². The first-order valence-corrected chi connectivity index (χ1v) is 12.7. The van der Waals surface area contributed by atoms with E-state index in [1.54, 1.807) is 18.2 Å². The number of aromatic amines is 1. The number of anilines is 2. The van der Waals surface area contributed by atoms with Crippen LogP contribution in [0, 0.1) is 11.8 Å². The number of hydrogen-bond donors (Lipinski definition) is 4. The van der Waals surface area contributed by atoms with Gasteiger partial charge < -0.3 is 20.4 Å². The number of halogens is 1. The lowest BCUT2D eigenvalue weighted by atomic mass is 9.82. The Labute approximate surface area is 215 Å². The van der Waals surface area contributed by atoms with Crippen LogP contribution in [0.1, 0.15) is 63.7 Å². The Balaban J connectivity index is 1.66. The van der Waals surface area contributed by atoms with Crippen molar-refractivity contribution in [1.82, 2.24) is 15.3 Å². The fraction of sp³-hybridized carbons (Fsp3) is 0.462. The molecule has 2 bridgehead atoms. The first kappa shape index (κ1) is 25.8. The Morgan fingerprint density at radius 2 is 1.94 bits per heavy atom. The SMILES string of the molecule is COC(=O)Nc1ccc2c(c1)NC(=O)CC/C=C\C[C@H](NC(=O)C1CCC(C)CC1)c1nc-2c(Cl)[nH]1. The van der Waals surface area contributed by atoms with Gasteiger partial charge in [-0.05, 0) is 62.6 Å². The zero-order valence-electron chi connectivity index (χ0n) is 20.5. The number of methoxy groups -OCH3 is 1. The number of nitrogens with zero attached hydrogens (tertiary/aromatic N) is 1. The molecular formula is C26H32ClN5O4. The van der Waals surface area contributed by atoms with Gasteiger partial charge in [0.25, 0.3) is 0 Å². The number of fused-ring (bicyclic) bond motifs is 4. The summed E-state index contributed by atoms with van der Waals surface area (Å²) < 4.78 is 4.66. The van der Waals surface area contributed by atoms with Crippen LogP contribution in [-0.4, -0.2) is 35.0 Å². The Morgan fingerprint density at radius 1 is 1.17 bits per heavy atom. The highest BCUT2D eigenvalue weighted by Crippen LogP contribution is 2.36. The molecule has 192 valence electrons. The molecule has 2 aromatic rings. The molecule has 3 amide bonds. The highest BCUT2D eigenvalue weighted by molar-refractivity contribution is 6.32. The number of benzene rings is 1. The summed E-state index contributed by atoms with van der Waals surface area (Å²) in [5, 5.41) is 8.97. The van der Waals surface area contributed by atoms with Crippen molar-refractivity contribution in [3.05, 3.63) is 41.3 Å². The maximum absolute atomic E-state index is 13.1. The van der Waals surface area contributed by atoms with Crippen LogP contribution in [-0.2, 0) is 14.3 Å². The zero-order chi connectivity index (χ0) is 25.7. The van der Waals surface area contributed by atoms with Crippen LogP contribution in [0.3, 0.4) is 0 Å². The predicted octanol–water partition coefficient (Wildman–Crippen LogP) is 5.57. The number of imidazole rings is 1. The minimum atomic E-state index is -0.623. The number of carbonyl (C=O) groups is 3.